The van der Waals surface area contributed by atoms with Crippen LogP contribution in [-0.4, -0.2) is 46.9 Å². The third-order valence-electron chi connectivity index (χ3n) is 5.37. The van der Waals surface area contributed by atoms with Crippen LogP contribution >= 0.6 is 0 Å². The molecule has 0 fully saturated rings. The van der Waals surface area contributed by atoms with E-state index < -0.39 is 41.2 Å². The predicted molar refractivity (Wildman–Crippen MR) is 122 cm³/mol. The Kier molecular flexibility index (Phi) is 9.33. The van der Waals surface area contributed by atoms with Gasteiger partial charge in [-0.1, -0.05) is 70.2 Å². The summed E-state index contributed by atoms with van der Waals surface area (Å²) in [6.45, 7) is 7.25. The molecule has 9 nitrogen and oxygen atoms in total. The molecule has 5 N–H and O–H groups in total. The molecule has 0 spiro atoms. The van der Waals surface area contributed by atoms with Crippen LogP contribution in [0.15, 0.2) is 42.5 Å². The van der Waals surface area contributed by atoms with E-state index in [1.54, 1.807) is 31.7 Å². The number of carbonyl (C=O) groups excluding carboxylic acids is 3. The van der Waals surface area contributed by atoms with E-state index in [-0.39, 0.29) is 13.0 Å². The van der Waals surface area contributed by atoms with Gasteiger partial charge in [0.25, 0.3) is 11.8 Å². The standard InChI is InChI=1S/C24H33N3O6/c1-5-12-33-19(22(29)26-31)18(21(28)25-20(23(30)27-32)24(2,3)4)14-15-10-11-16-8-6-7-9-17(16)13-15/h6-11,13,18-20,31-32H,5,12,14H2,1-4H3,(H,25,28)(H,26,29)(H,27,30)/t18-,19+,20-/m1/s1. The number of hydrogen-bond donors (Lipinski definition) is 5. The fraction of sp³-hybridized carbons (Fsp3) is 0.458. The van der Waals surface area contributed by atoms with Gasteiger partial charge in [0, 0.05) is 6.61 Å². The van der Waals surface area contributed by atoms with Crippen molar-refractivity contribution in [2.24, 2.45) is 11.3 Å². The number of rotatable bonds is 10. The summed E-state index contributed by atoms with van der Waals surface area (Å²) in [4.78, 5) is 38.1. The molecular weight excluding hydrogens is 426 g/mol. The van der Waals surface area contributed by atoms with E-state index in [1.807, 2.05) is 49.4 Å². The van der Waals surface area contributed by atoms with Gasteiger partial charge in [-0.05, 0) is 34.6 Å². The van der Waals surface area contributed by atoms with Crippen LogP contribution < -0.4 is 16.3 Å². The molecule has 33 heavy (non-hydrogen) atoms. The number of carbonyl (C=O) groups is 3. The van der Waals surface area contributed by atoms with E-state index in [4.69, 9.17) is 9.94 Å². The Hall–Kier alpha value is -3.01. The Morgan fingerprint density at radius 2 is 1.58 bits per heavy atom. The molecule has 3 amide bonds. The Balaban J connectivity index is 2.43. The van der Waals surface area contributed by atoms with Crippen LogP contribution in [0.4, 0.5) is 0 Å². The summed E-state index contributed by atoms with van der Waals surface area (Å²) < 4.78 is 5.66. The first-order valence-electron chi connectivity index (χ1n) is 10.9. The van der Waals surface area contributed by atoms with Crippen molar-refractivity contribution in [1.82, 2.24) is 16.3 Å². The third-order valence-corrected chi connectivity index (χ3v) is 5.37. The summed E-state index contributed by atoms with van der Waals surface area (Å²) in [6, 6.07) is 12.4. The van der Waals surface area contributed by atoms with Crippen LogP contribution in [0.3, 0.4) is 0 Å². The highest BCUT2D eigenvalue weighted by molar-refractivity contribution is 5.92. The normalized spacial score (nSPS) is 14.2. The third kappa shape index (κ3) is 6.98. The largest absolute Gasteiger partial charge is 0.367 e. The molecule has 3 atom stereocenters. The molecule has 0 aliphatic heterocycles. The topological polar surface area (TPSA) is 137 Å². The summed E-state index contributed by atoms with van der Waals surface area (Å²) >= 11 is 0. The Morgan fingerprint density at radius 1 is 0.939 bits per heavy atom. The molecule has 0 saturated carbocycles. The monoisotopic (exact) mass is 459 g/mol. The van der Waals surface area contributed by atoms with Crippen LogP contribution in [0, 0.1) is 11.3 Å². The number of nitrogens with one attached hydrogen (secondary N) is 3. The molecule has 0 aliphatic carbocycles. The van der Waals surface area contributed by atoms with Gasteiger partial charge in [-0.25, -0.2) is 11.0 Å². The van der Waals surface area contributed by atoms with Gasteiger partial charge < -0.3 is 10.1 Å². The Bertz CT molecular complexity index is 972. The lowest BCUT2D eigenvalue weighted by Gasteiger charge is -2.32. The van der Waals surface area contributed by atoms with Crippen molar-refractivity contribution in [2.45, 2.75) is 52.7 Å². The van der Waals surface area contributed by atoms with Crippen molar-refractivity contribution in [3.63, 3.8) is 0 Å². The molecule has 0 aromatic heterocycles. The summed E-state index contributed by atoms with van der Waals surface area (Å²) in [5.74, 6) is -3.31. The molecule has 2 aromatic carbocycles. The van der Waals surface area contributed by atoms with Crippen molar-refractivity contribution < 1.29 is 29.5 Å². The van der Waals surface area contributed by atoms with E-state index in [0.29, 0.717) is 6.42 Å². The lowest BCUT2D eigenvalue weighted by molar-refractivity contribution is -0.151. The second-order valence-corrected chi connectivity index (χ2v) is 9.04. The molecule has 180 valence electrons. The number of hydroxylamine groups is 2. The summed E-state index contributed by atoms with van der Waals surface area (Å²) in [5, 5.41) is 23.1. The minimum absolute atomic E-state index is 0.121. The Morgan fingerprint density at radius 3 is 2.15 bits per heavy atom. The van der Waals surface area contributed by atoms with Gasteiger partial charge in [0.2, 0.25) is 5.91 Å². The quantitative estimate of drug-likeness (QED) is 0.273. The van der Waals surface area contributed by atoms with Crippen molar-refractivity contribution >= 4 is 28.5 Å². The van der Waals surface area contributed by atoms with Crippen LogP contribution in [-0.2, 0) is 25.5 Å². The first-order chi connectivity index (χ1) is 15.6. The molecule has 2 aromatic rings. The van der Waals surface area contributed by atoms with Crippen LogP contribution in [0.1, 0.15) is 39.7 Å². The van der Waals surface area contributed by atoms with Gasteiger partial charge in [0.1, 0.15) is 12.1 Å². The van der Waals surface area contributed by atoms with Crippen LogP contribution in [0.2, 0.25) is 0 Å². The van der Waals surface area contributed by atoms with Crippen LogP contribution in [0.5, 0.6) is 0 Å². The van der Waals surface area contributed by atoms with E-state index >= 15 is 0 Å². The van der Waals surface area contributed by atoms with Crippen molar-refractivity contribution in [3.05, 3.63) is 48.0 Å². The van der Waals surface area contributed by atoms with Crippen molar-refractivity contribution in [2.75, 3.05) is 6.61 Å². The number of fused-ring (bicyclic) bond motifs is 1. The Labute approximate surface area is 193 Å². The highest BCUT2D eigenvalue weighted by atomic mass is 16.5. The molecule has 2 rings (SSSR count). The maximum atomic E-state index is 13.4. The fourth-order valence-corrected chi connectivity index (χ4v) is 3.63. The SMILES string of the molecule is CCCO[C@H](C(=O)NO)[C@@H](Cc1ccc2ccccc2c1)C(=O)N[C@H](C(=O)NO)C(C)(C)C. The number of benzene rings is 2. The van der Waals surface area contributed by atoms with Crippen molar-refractivity contribution in [1.29, 1.82) is 0 Å². The van der Waals surface area contributed by atoms with Gasteiger partial charge >= 0.3 is 0 Å². The van der Waals surface area contributed by atoms with Gasteiger partial charge in [-0.3, -0.25) is 24.8 Å². The molecule has 0 radical (unpaired) electrons. The maximum Gasteiger partial charge on any atom is 0.273 e. The van der Waals surface area contributed by atoms with Gasteiger partial charge in [-0.2, -0.15) is 0 Å². The lowest BCUT2D eigenvalue weighted by atomic mass is 9.85. The minimum Gasteiger partial charge on any atom is -0.367 e. The minimum atomic E-state index is -1.29. The molecule has 0 heterocycles. The van der Waals surface area contributed by atoms with Gasteiger partial charge in [0.05, 0.1) is 5.92 Å². The van der Waals surface area contributed by atoms with Gasteiger partial charge in [0.15, 0.2) is 0 Å². The maximum absolute atomic E-state index is 13.4. The first kappa shape index (κ1) is 26.2. The van der Waals surface area contributed by atoms with E-state index in [0.717, 1.165) is 16.3 Å². The number of amides is 3. The zero-order valence-electron chi connectivity index (χ0n) is 19.4. The lowest BCUT2D eigenvalue weighted by Crippen LogP contribution is -2.57. The molecule has 0 unspecified atom stereocenters. The predicted octanol–water partition coefficient (Wildman–Crippen LogP) is 2.34. The summed E-state index contributed by atoms with van der Waals surface area (Å²) in [6.07, 6.45) is -0.577. The van der Waals surface area contributed by atoms with E-state index in [2.05, 4.69) is 5.32 Å². The second kappa shape index (κ2) is 11.7. The average molecular weight is 460 g/mol. The highest BCUT2D eigenvalue weighted by Crippen LogP contribution is 2.24. The molecule has 0 saturated heterocycles. The molecule has 0 aliphatic rings. The average Bonchev–Trinajstić information content (AvgIpc) is 2.80. The first-order valence-corrected chi connectivity index (χ1v) is 10.9. The number of ether oxygens (including phenoxy) is 1. The summed E-state index contributed by atoms with van der Waals surface area (Å²) in [5.41, 5.74) is 3.21. The zero-order valence-corrected chi connectivity index (χ0v) is 19.4. The highest BCUT2D eigenvalue weighted by Gasteiger charge is 2.39. The fourth-order valence-electron chi connectivity index (χ4n) is 3.63. The number of hydrogen-bond acceptors (Lipinski definition) is 6. The van der Waals surface area contributed by atoms with E-state index in [9.17, 15) is 19.6 Å². The molecular formula is C24H33N3O6. The zero-order chi connectivity index (χ0) is 24.6. The summed E-state index contributed by atoms with van der Waals surface area (Å²) in [7, 11) is 0. The molecule has 9 heteroatoms. The smallest absolute Gasteiger partial charge is 0.273 e. The second-order valence-electron chi connectivity index (χ2n) is 9.04. The molecule has 0 bridgehead atoms. The van der Waals surface area contributed by atoms with Crippen LogP contribution in [0.25, 0.3) is 10.8 Å². The van der Waals surface area contributed by atoms with E-state index in [1.165, 1.54) is 0 Å². The van der Waals surface area contributed by atoms with Crippen molar-refractivity contribution in [3.8, 4) is 0 Å². The van der Waals surface area contributed by atoms with Gasteiger partial charge in [-0.15, -0.1) is 0 Å².